The van der Waals surface area contributed by atoms with Crippen LogP contribution in [0.3, 0.4) is 0 Å². The second-order valence-electron chi connectivity index (χ2n) is 5.07. The van der Waals surface area contributed by atoms with Crippen LogP contribution in [0.15, 0.2) is 54.6 Å². The first kappa shape index (κ1) is 17.9. The van der Waals surface area contributed by atoms with Gasteiger partial charge in [0.25, 0.3) is 11.8 Å². The van der Waals surface area contributed by atoms with Gasteiger partial charge in [-0.1, -0.05) is 30.3 Å². The predicted molar refractivity (Wildman–Crippen MR) is 96.1 cm³/mol. The maximum Gasteiger partial charge on any atom is 0.255 e. The number of carbonyl (C=O) groups is 2. The number of amides is 2. The van der Waals surface area contributed by atoms with E-state index in [1.54, 1.807) is 36.0 Å². The van der Waals surface area contributed by atoms with E-state index in [0.29, 0.717) is 17.9 Å². The maximum absolute atomic E-state index is 12.0. The molecular formula is C18H20N2O3S. The van der Waals surface area contributed by atoms with Crippen molar-refractivity contribution in [2.45, 2.75) is 5.75 Å². The van der Waals surface area contributed by atoms with Crippen LogP contribution in [-0.4, -0.2) is 30.7 Å². The number of primary amides is 1. The fourth-order valence-electron chi connectivity index (χ4n) is 1.96. The molecule has 0 unspecified atom stereocenters. The van der Waals surface area contributed by atoms with Crippen molar-refractivity contribution in [1.82, 2.24) is 5.32 Å². The third kappa shape index (κ3) is 6.34. The van der Waals surface area contributed by atoms with Crippen LogP contribution in [0, 0.1) is 0 Å². The average molecular weight is 344 g/mol. The van der Waals surface area contributed by atoms with Gasteiger partial charge in [-0.3, -0.25) is 9.59 Å². The monoisotopic (exact) mass is 344 g/mol. The van der Waals surface area contributed by atoms with Crippen molar-refractivity contribution in [3.63, 3.8) is 0 Å². The van der Waals surface area contributed by atoms with Gasteiger partial charge in [-0.15, -0.1) is 0 Å². The number of nitrogens with two attached hydrogens (primary N) is 1. The summed E-state index contributed by atoms with van der Waals surface area (Å²) in [7, 11) is 0. The summed E-state index contributed by atoms with van der Waals surface area (Å²) >= 11 is 1.78. The molecule has 5 nitrogen and oxygen atoms in total. The summed E-state index contributed by atoms with van der Waals surface area (Å²) in [6, 6.07) is 16.8. The minimum Gasteiger partial charge on any atom is -0.484 e. The number of nitrogens with one attached hydrogen (secondary N) is 1. The lowest BCUT2D eigenvalue weighted by Crippen LogP contribution is -2.25. The number of hydrogen-bond donors (Lipinski definition) is 2. The van der Waals surface area contributed by atoms with Gasteiger partial charge in [-0.25, -0.2) is 0 Å². The van der Waals surface area contributed by atoms with E-state index >= 15 is 0 Å². The molecule has 0 radical (unpaired) electrons. The quantitative estimate of drug-likeness (QED) is 0.684. The number of hydrogen-bond acceptors (Lipinski definition) is 4. The Hall–Kier alpha value is -2.47. The van der Waals surface area contributed by atoms with Crippen LogP contribution in [0.5, 0.6) is 5.75 Å². The van der Waals surface area contributed by atoms with Crippen LogP contribution in [0.25, 0.3) is 0 Å². The lowest BCUT2D eigenvalue weighted by Gasteiger charge is -2.07. The number of rotatable bonds is 9. The fourth-order valence-corrected chi connectivity index (χ4v) is 2.78. The van der Waals surface area contributed by atoms with Crippen molar-refractivity contribution in [3.8, 4) is 5.75 Å². The Morgan fingerprint density at radius 1 is 1.04 bits per heavy atom. The molecule has 6 heteroatoms. The van der Waals surface area contributed by atoms with Crippen molar-refractivity contribution >= 4 is 23.6 Å². The molecule has 0 atom stereocenters. The Labute approximate surface area is 145 Å². The predicted octanol–water partition coefficient (Wildman–Crippen LogP) is 2.21. The molecule has 3 N–H and O–H groups in total. The summed E-state index contributed by atoms with van der Waals surface area (Å²) < 4.78 is 5.15. The molecule has 0 saturated heterocycles. The molecule has 2 aromatic rings. The van der Waals surface area contributed by atoms with Crippen LogP contribution < -0.4 is 15.8 Å². The van der Waals surface area contributed by atoms with E-state index < -0.39 is 5.91 Å². The van der Waals surface area contributed by atoms with E-state index in [0.717, 1.165) is 11.5 Å². The van der Waals surface area contributed by atoms with Crippen LogP contribution in [-0.2, 0) is 10.5 Å². The number of benzene rings is 2. The minimum absolute atomic E-state index is 0.128. The molecule has 2 aromatic carbocycles. The molecular weight excluding hydrogens is 324 g/mol. The van der Waals surface area contributed by atoms with E-state index in [-0.39, 0.29) is 12.5 Å². The molecule has 24 heavy (non-hydrogen) atoms. The fraction of sp³-hybridized carbons (Fsp3) is 0.222. The molecule has 0 bridgehead atoms. The van der Waals surface area contributed by atoms with Gasteiger partial charge in [0.05, 0.1) is 0 Å². The summed E-state index contributed by atoms with van der Waals surface area (Å²) in [4.78, 5) is 22.7. The molecule has 0 aliphatic rings. The molecule has 0 aromatic heterocycles. The zero-order chi connectivity index (χ0) is 17.2. The molecule has 2 amide bonds. The first-order valence-electron chi connectivity index (χ1n) is 7.56. The molecule has 2 rings (SSSR count). The normalized spacial score (nSPS) is 10.2. The SMILES string of the molecule is NC(=O)COc1ccc(C(=O)NCCSCc2ccccc2)cc1. The smallest absolute Gasteiger partial charge is 0.255 e. The summed E-state index contributed by atoms with van der Waals surface area (Å²) in [5.74, 6) is 1.62. The lowest BCUT2D eigenvalue weighted by molar-refractivity contribution is -0.119. The third-order valence-electron chi connectivity index (χ3n) is 3.14. The maximum atomic E-state index is 12.0. The second kappa shape index (κ2) is 9.62. The molecule has 0 saturated carbocycles. The van der Waals surface area contributed by atoms with Gasteiger partial charge in [0.2, 0.25) is 0 Å². The molecule has 0 aliphatic carbocycles. The van der Waals surface area contributed by atoms with Gasteiger partial charge >= 0.3 is 0 Å². The number of carbonyl (C=O) groups excluding carboxylic acids is 2. The Balaban J connectivity index is 1.67. The van der Waals surface area contributed by atoms with Crippen molar-refractivity contribution < 1.29 is 14.3 Å². The zero-order valence-electron chi connectivity index (χ0n) is 13.2. The van der Waals surface area contributed by atoms with E-state index in [1.807, 2.05) is 18.2 Å². The van der Waals surface area contributed by atoms with Gasteiger partial charge in [-0.05, 0) is 29.8 Å². The Morgan fingerprint density at radius 3 is 2.42 bits per heavy atom. The minimum atomic E-state index is -0.537. The highest BCUT2D eigenvalue weighted by Crippen LogP contribution is 2.13. The standard InChI is InChI=1S/C18H20N2O3S/c19-17(21)12-23-16-8-6-15(7-9-16)18(22)20-10-11-24-13-14-4-2-1-3-5-14/h1-9H,10-13H2,(H2,19,21)(H,20,22). The summed E-state index contributed by atoms with van der Waals surface area (Å²) in [5, 5.41) is 2.88. The topological polar surface area (TPSA) is 81.4 Å². The van der Waals surface area contributed by atoms with Gasteiger partial charge in [0, 0.05) is 23.6 Å². The van der Waals surface area contributed by atoms with Gasteiger partial charge < -0.3 is 15.8 Å². The first-order chi connectivity index (χ1) is 11.6. The number of ether oxygens (including phenoxy) is 1. The second-order valence-corrected chi connectivity index (χ2v) is 6.18. The van der Waals surface area contributed by atoms with Crippen molar-refractivity contribution in [3.05, 3.63) is 65.7 Å². The molecule has 0 spiro atoms. The highest BCUT2D eigenvalue weighted by Gasteiger charge is 2.05. The summed E-state index contributed by atoms with van der Waals surface area (Å²) in [6.45, 7) is 0.431. The number of thioether (sulfide) groups is 1. The first-order valence-corrected chi connectivity index (χ1v) is 8.71. The van der Waals surface area contributed by atoms with Crippen LogP contribution >= 0.6 is 11.8 Å². The van der Waals surface area contributed by atoms with E-state index in [4.69, 9.17) is 10.5 Å². The van der Waals surface area contributed by atoms with Crippen LogP contribution in [0.2, 0.25) is 0 Å². The molecule has 0 fully saturated rings. The largest absolute Gasteiger partial charge is 0.484 e. The highest BCUT2D eigenvalue weighted by atomic mass is 32.2. The highest BCUT2D eigenvalue weighted by molar-refractivity contribution is 7.98. The summed E-state index contributed by atoms with van der Waals surface area (Å²) in [6.07, 6.45) is 0. The van der Waals surface area contributed by atoms with E-state index in [2.05, 4.69) is 17.4 Å². The molecule has 0 heterocycles. The average Bonchev–Trinajstić information content (AvgIpc) is 2.61. The Morgan fingerprint density at radius 2 is 1.75 bits per heavy atom. The lowest BCUT2D eigenvalue weighted by atomic mass is 10.2. The van der Waals surface area contributed by atoms with E-state index in [9.17, 15) is 9.59 Å². The van der Waals surface area contributed by atoms with Gasteiger partial charge in [-0.2, -0.15) is 11.8 Å². The zero-order valence-corrected chi connectivity index (χ0v) is 14.1. The van der Waals surface area contributed by atoms with Crippen molar-refractivity contribution in [2.75, 3.05) is 18.9 Å². The molecule has 0 aliphatic heterocycles. The van der Waals surface area contributed by atoms with Crippen molar-refractivity contribution in [2.24, 2.45) is 5.73 Å². The van der Waals surface area contributed by atoms with Crippen LogP contribution in [0.4, 0.5) is 0 Å². The van der Waals surface area contributed by atoms with Gasteiger partial charge in [0.15, 0.2) is 6.61 Å². The van der Waals surface area contributed by atoms with Crippen LogP contribution in [0.1, 0.15) is 15.9 Å². The summed E-state index contributed by atoms with van der Waals surface area (Å²) in [5.41, 5.74) is 6.83. The molecule has 126 valence electrons. The van der Waals surface area contributed by atoms with Crippen molar-refractivity contribution in [1.29, 1.82) is 0 Å². The van der Waals surface area contributed by atoms with Gasteiger partial charge in [0.1, 0.15) is 5.75 Å². The Kier molecular flexibility index (Phi) is 7.17. The van der Waals surface area contributed by atoms with E-state index in [1.165, 1.54) is 5.56 Å². The third-order valence-corrected chi connectivity index (χ3v) is 4.17. The Bertz CT molecular complexity index is 660.